The molecule has 0 unspecified atom stereocenters. The molecule has 2 rings (SSSR count). The Morgan fingerprint density at radius 2 is 2.18 bits per heavy atom. The van der Waals surface area contributed by atoms with Crippen molar-refractivity contribution in [3.8, 4) is 0 Å². The number of carbonyl (C=O) groups is 1. The molecule has 0 heterocycles. The second-order valence-corrected chi connectivity index (χ2v) is 3.59. The van der Waals surface area contributed by atoms with E-state index >= 15 is 0 Å². The third-order valence-electron chi connectivity index (χ3n) is 2.62. The standard InChI is InChI=1S/C10H12O/c1-6(2)10-7-3-4-8(10)9(11)5-7/h3-4,7-8H,5H2,1-2H3/t7-,8+/m1/s1. The average Bonchev–Trinajstić information content (AvgIpc) is 2.41. The van der Waals surface area contributed by atoms with E-state index in [2.05, 4.69) is 26.0 Å². The molecule has 0 radical (unpaired) electrons. The molecule has 58 valence electrons. The highest BCUT2D eigenvalue weighted by Crippen LogP contribution is 2.42. The lowest BCUT2D eigenvalue weighted by Crippen LogP contribution is -2.04. The van der Waals surface area contributed by atoms with Crippen LogP contribution >= 0.6 is 0 Å². The molecule has 2 bridgehead atoms. The molecule has 0 N–H and O–H groups in total. The molecule has 0 aromatic rings. The lowest BCUT2D eigenvalue weighted by atomic mass is 10.00. The van der Waals surface area contributed by atoms with Crippen LogP contribution in [0.15, 0.2) is 23.3 Å². The molecular formula is C10H12O. The van der Waals surface area contributed by atoms with Gasteiger partial charge in [-0.25, -0.2) is 0 Å². The number of Topliss-reactive ketones (excluding diaryl/α,β-unsaturated/α-hetero) is 1. The molecule has 1 fully saturated rings. The quantitative estimate of drug-likeness (QED) is 0.481. The monoisotopic (exact) mass is 148 g/mol. The Bertz CT molecular complexity index is 267. The average molecular weight is 148 g/mol. The predicted octanol–water partition coefficient (Wildman–Crippen LogP) is 2.10. The zero-order chi connectivity index (χ0) is 8.01. The Balaban J connectivity index is 2.46. The second kappa shape index (κ2) is 2.07. The zero-order valence-corrected chi connectivity index (χ0v) is 6.92. The van der Waals surface area contributed by atoms with E-state index in [9.17, 15) is 4.79 Å². The van der Waals surface area contributed by atoms with Crippen molar-refractivity contribution in [1.82, 2.24) is 0 Å². The molecule has 0 aliphatic heterocycles. The molecular weight excluding hydrogens is 136 g/mol. The van der Waals surface area contributed by atoms with Gasteiger partial charge in [0.1, 0.15) is 5.78 Å². The van der Waals surface area contributed by atoms with Crippen LogP contribution in [0.3, 0.4) is 0 Å². The Morgan fingerprint density at radius 3 is 2.45 bits per heavy atom. The third kappa shape index (κ3) is 0.802. The van der Waals surface area contributed by atoms with Gasteiger partial charge in [0.15, 0.2) is 0 Å². The maximum absolute atomic E-state index is 11.3. The summed E-state index contributed by atoms with van der Waals surface area (Å²) in [6.45, 7) is 4.20. The van der Waals surface area contributed by atoms with Crippen LogP contribution in [0.4, 0.5) is 0 Å². The molecule has 0 amide bonds. The van der Waals surface area contributed by atoms with Crippen molar-refractivity contribution >= 4 is 5.78 Å². The number of hydrogen-bond acceptors (Lipinski definition) is 1. The predicted molar refractivity (Wildman–Crippen MR) is 44.1 cm³/mol. The van der Waals surface area contributed by atoms with Crippen LogP contribution in [0, 0.1) is 11.8 Å². The van der Waals surface area contributed by atoms with Crippen molar-refractivity contribution in [2.24, 2.45) is 11.8 Å². The fourth-order valence-electron chi connectivity index (χ4n) is 2.17. The smallest absolute Gasteiger partial charge is 0.144 e. The Hall–Kier alpha value is -0.850. The van der Waals surface area contributed by atoms with Gasteiger partial charge in [0, 0.05) is 12.3 Å². The highest BCUT2D eigenvalue weighted by atomic mass is 16.1. The highest BCUT2D eigenvalue weighted by molar-refractivity contribution is 5.91. The molecule has 2 aliphatic carbocycles. The third-order valence-corrected chi connectivity index (χ3v) is 2.62. The van der Waals surface area contributed by atoms with E-state index in [4.69, 9.17) is 0 Å². The van der Waals surface area contributed by atoms with Gasteiger partial charge >= 0.3 is 0 Å². The lowest BCUT2D eigenvalue weighted by molar-refractivity contribution is -0.119. The van der Waals surface area contributed by atoms with Crippen LogP contribution < -0.4 is 0 Å². The van der Waals surface area contributed by atoms with Crippen molar-refractivity contribution in [3.05, 3.63) is 23.3 Å². The maximum Gasteiger partial charge on any atom is 0.144 e. The van der Waals surface area contributed by atoms with E-state index in [0.29, 0.717) is 11.7 Å². The van der Waals surface area contributed by atoms with Crippen molar-refractivity contribution in [3.63, 3.8) is 0 Å². The van der Waals surface area contributed by atoms with E-state index in [0.717, 1.165) is 6.42 Å². The molecule has 0 saturated heterocycles. The van der Waals surface area contributed by atoms with Gasteiger partial charge in [0.05, 0.1) is 5.92 Å². The fraction of sp³-hybridized carbons (Fsp3) is 0.500. The molecule has 0 spiro atoms. The van der Waals surface area contributed by atoms with Crippen LogP contribution in [0.25, 0.3) is 0 Å². The topological polar surface area (TPSA) is 17.1 Å². The number of allylic oxidation sites excluding steroid dienone is 4. The minimum atomic E-state index is 0.157. The summed E-state index contributed by atoms with van der Waals surface area (Å²) < 4.78 is 0. The summed E-state index contributed by atoms with van der Waals surface area (Å²) in [5.41, 5.74) is 2.70. The fourth-order valence-corrected chi connectivity index (χ4v) is 2.17. The molecule has 1 saturated carbocycles. The first-order valence-corrected chi connectivity index (χ1v) is 4.08. The van der Waals surface area contributed by atoms with Crippen LogP contribution in [0.1, 0.15) is 20.3 Å². The largest absolute Gasteiger partial charge is 0.299 e. The van der Waals surface area contributed by atoms with E-state index < -0.39 is 0 Å². The van der Waals surface area contributed by atoms with Gasteiger partial charge in [0.2, 0.25) is 0 Å². The van der Waals surface area contributed by atoms with Crippen molar-refractivity contribution in [2.75, 3.05) is 0 Å². The van der Waals surface area contributed by atoms with Gasteiger partial charge in [-0.2, -0.15) is 0 Å². The molecule has 1 nitrogen and oxygen atoms in total. The van der Waals surface area contributed by atoms with Gasteiger partial charge in [0.25, 0.3) is 0 Å². The minimum absolute atomic E-state index is 0.157. The number of ketones is 1. The Kier molecular flexibility index (Phi) is 1.28. The summed E-state index contributed by atoms with van der Waals surface area (Å²) in [5, 5.41) is 0. The van der Waals surface area contributed by atoms with Gasteiger partial charge in [-0.3, -0.25) is 4.79 Å². The molecule has 11 heavy (non-hydrogen) atoms. The van der Waals surface area contributed by atoms with Crippen molar-refractivity contribution in [2.45, 2.75) is 20.3 Å². The SMILES string of the molecule is CC(C)=C1[C@H]2C=C[C@@H]1CC2=O. The van der Waals surface area contributed by atoms with E-state index in [-0.39, 0.29) is 5.92 Å². The van der Waals surface area contributed by atoms with E-state index in [1.165, 1.54) is 11.1 Å². The molecule has 2 atom stereocenters. The Morgan fingerprint density at radius 1 is 1.45 bits per heavy atom. The summed E-state index contributed by atoms with van der Waals surface area (Å²) in [4.78, 5) is 11.3. The summed E-state index contributed by atoms with van der Waals surface area (Å²) in [5.74, 6) is 1.02. The first-order chi connectivity index (χ1) is 5.20. The van der Waals surface area contributed by atoms with E-state index in [1.54, 1.807) is 0 Å². The second-order valence-electron chi connectivity index (χ2n) is 3.59. The summed E-state index contributed by atoms with van der Waals surface area (Å²) in [6, 6.07) is 0. The van der Waals surface area contributed by atoms with Crippen molar-refractivity contribution in [1.29, 1.82) is 0 Å². The highest BCUT2D eigenvalue weighted by Gasteiger charge is 2.39. The minimum Gasteiger partial charge on any atom is -0.299 e. The maximum atomic E-state index is 11.3. The van der Waals surface area contributed by atoms with Crippen molar-refractivity contribution < 1.29 is 4.79 Å². The van der Waals surface area contributed by atoms with Gasteiger partial charge in [-0.1, -0.05) is 17.7 Å². The van der Waals surface area contributed by atoms with Gasteiger partial charge in [-0.05, 0) is 19.4 Å². The lowest BCUT2D eigenvalue weighted by Gasteiger charge is -2.04. The van der Waals surface area contributed by atoms with Crippen LogP contribution in [0.5, 0.6) is 0 Å². The number of fused-ring (bicyclic) bond motifs is 2. The molecule has 1 heteroatoms. The first kappa shape index (κ1) is 6.84. The summed E-state index contributed by atoms with van der Waals surface area (Å²) >= 11 is 0. The summed E-state index contributed by atoms with van der Waals surface area (Å²) in [6.07, 6.45) is 4.98. The van der Waals surface area contributed by atoms with Crippen LogP contribution in [0.2, 0.25) is 0 Å². The summed E-state index contributed by atoms with van der Waals surface area (Å²) in [7, 11) is 0. The molecule has 0 aromatic heterocycles. The van der Waals surface area contributed by atoms with Crippen LogP contribution in [-0.4, -0.2) is 5.78 Å². The van der Waals surface area contributed by atoms with Gasteiger partial charge < -0.3 is 0 Å². The normalized spacial score (nSPS) is 33.6. The zero-order valence-electron chi connectivity index (χ0n) is 6.92. The first-order valence-electron chi connectivity index (χ1n) is 4.08. The molecule has 2 aliphatic rings. The molecule has 0 aromatic carbocycles. The van der Waals surface area contributed by atoms with E-state index in [1.807, 2.05) is 0 Å². The number of hydrogen-bond donors (Lipinski definition) is 0. The van der Waals surface area contributed by atoms with Gasteiger partial charge in [-0.15, -0.1) is 0 Å². The number of rotatable bonds is 0. The number of carbonyl (C=O) groups excluding carboxylic acids is 1. The Labute approximate surface area is 66.8 Å². The van der Waals surface area contributed by atoms with Crippen LogP contribution in [-0.2, 0) is 4.79 Å².